The van der Waals surface area contributed by atoms with Crippen LogP contribution in [0.5, 0.6) is 0 Å². The Hall–Kier alpha value is -2.63. The third kappa shape index (κ3) is 3.23. The highest BCUT2D eigenvalue weighted by Crippen LogP contribution is 2.40. The highest BCUT2D eigenvalue weighted by atomic mass is 19.4. The number of pyridine rings is 1. The molecule has 0 aromatic carbocycles. The molecule has 0 N–H and O–H groups in total. The van der Waals surface area contributed by atoms with Gasteiger partial charge < -0.3 is 9.42 Å². The fraction of sp³-hybridized carbons (Fsp3) is 0.529. The smallest absolute Gasteiger partial charge is 0.355 e. The van der Waals surface area contributed by atoms with Crippen LogP contribution in [0.1, 0.15) is 60.5 Å². The van der Waals surface area contributed by atoms with Crippen LogP contribution in [0.4, 0.5) is 19.0 Å². The molecule has 0 amide bonds. The van der Waals surface area contributed by atoms with Crippen LogP contribution in [0.25, 0.3) is 0 Å². The molecule has 1 aliphatic heterocycles. The van der Waals surface area contributed by atoms with Gasteiger partial charge in [0.25, 0.3) is 0 Å². The molecule has 0 radical (unpaired) electrons. The Bertz CT molecular complexity index is 853. The number of nitrogens with zero attached hydrogens (tertiary/aromatic N) is 5. The van der Waals surface area contributed by atoms with Crippen molar-refractivity contribution in [1.82, 2.24) is 15.1 Å². The summed E-state index contributed by atoms with van der Waals surface area (Å²) < 4.78 is 44.3. The van der Waals surface area contributed by atoms with Crippen molar-refractivity contribution in [3.63, 3.8) is 0 Å². The summed E-state index contributed by atoms with van der Waals surface area (Å²) in [5.74, 6) is 1.60. The van der Waals surface area contributed by atoms with Gasteiger partial charge >= 0.3 is 6.18 Å². The molecule has 0 spiro atoms. The minimum atomic E-state index is -4.55. The zero-order valence-electron chi connectivity index (χ0n) is 13.8. The summed E-state index contributed by atoms with van der Waals surface area (Å²) in [4.78, 5) is 9.90. The molecule has 1 saturated heterocycles. The lowest BCUT2D eigenvalue weighted by atomic mass is 9.97. The largest absolute Gasteiger partial charge is 0.433 e. The molecule has 2 aliphatic rings. The maximum Gasteiger partial charge on any atom is 0.433 e. The maximum atomic E-state index is 13.0. The first-order valence-corrected chi connectivity index (χ1v) is 8.52. The number of nitriles is 1. The number of hydrogen-bond donors (Lipinski definition) is 0. The van der Waals surface area contributed by atoms with E-state index in [-0.39, 0.29) is 17.3 Å². The summed E-state index contributed by atoms with van der Waals surface area (Å²) in [6.07, 6.45) is -0.872. The molecule has 4 rings (SSSR count). The van der Waals surface area contributed by atoms with E-state index < -0.39 is 11.9 Å². The van der Waals surface area contributed by atoms with E-state index in [1.54, 1.807) is 4.90 Å². The number of anilines is 1. The Morgan fingerprint density at radius 1 is 1.15 bits per heavy atom. The highest BCUT2D eigenvalue weighted by molar-refractivity contribution is 5.55. The van der Waals surface area contributed by atoms with Gasteiger partial charge in [0.05, 0.1) is 5.56 Å². The van der Waals surface area contributed by atoms with Crippen LogP contribution in [0.3, 0.4) is 0 Å². The molecular formula is C17H16F3N5O. The van der Waals surface area contributed by atoms with Gasteiger partial charge in [-0.1, -0.05) is 5.16 Å². The van der Waals surface area contributed by atoms with E-state index >= 15 is 0 Å². The third-order valence-electron chi connectivity index (χ3n) is 4.76. The van der Waals surface area contributed by atoms with E-state index in [2.05, 4.69) is 15.1 Å². The Labute approximate surface area is 147 Å². The van der Waals surface area contributed by atoms with Gasteiger partial charge in [-0.05, 0) is 37.8 Å². The van der Waals surface area contributed by atoms with E-state index in [0.717, 1.165) is 31.7 Å². The van der Waals surface area contributed by atoms with Gasteiger partial charge in [0.15, 0.2) is 5.82 Å². The van der Waals surface area contributed by atoms with E-state index in [4.69, 9.17) is 4.52 Å². The minimum Gasteiger partial charge on any atom is -0.355 e. The molecule has 1 saturated carbocycles. The molecule has 1 aliphatic carbocycles. The first-order chi connectivity index (χ1) is 12.5. The van der Waals surface area contributed by atoms with Gasteiger partial charge in [-0.25, -0.2) is 4.98 Å². The zero-order chi connectivity index (χ0) is 18.3. The topological polar surface area (TPSA) is 78.8 Å². The summed E-state index contributed by atoms with van der Waals surface area (Å²) >= 11 is 0. The molecular weight excluding hydrogens is 347 g/mol. The van der Waals surface area contributed by atoms with Gasteiger partial charge in [-0.3, -0.25) is 0 Å². The Kier molecular flexibility index (Phi) is 4.05. The van der Waals surface area contributed by atoms with Crippen LogP contribution < -0.4 is 4.90 Å². The van der Waals surface area contributed by atoms with Crippen LogP contribution >= 0.6 is 0 Å². The van der Waals surface area contributed by atoms with Gasteiger partial charge in [0.1, 0.15) is 17.6 Å². The van der Waals surface area contributed by atoms with E-state index in [1.807, 2.05) is 6.07 Å². The average molecular weight is 363 g/mol. The highest BCUT2D eigenvalue weighted by Gasteiger charge is 2.35. The lowest BCUT2D eigenvalue weighted by Crippen LogP contribution is -2.36. The fourth-order valence-corrected chi connectivity index (χ4v) is 3.22. The second kappa shape index (κ2) is 6.27. The van der Waals surface area contributed by atoms with Gasteiger partial charge in [0.2, 0.25) is 5.89 Å². The minimum absolute atomic E-state index is 0.0529. The Morgan fingerprint density at radius 2 is 1.96 bits per heavy atom. The molecule has 2 aromatic heterocycles. The lowest BCUT2D eigenvalue weighted by molar-refractivity contribution is -0.141. The van der Waals surface area contributed by atoms with Crippen molar-refractivity contribution in [3.05, 3.63) is 35.1 Å². The molecule has 1 atom stereocenters. The number of halogens is 3. The van der Waals surface area contributed by atoms with Crippen LogP contribution in [0.15, 0.2) is 16.7 Å². The number of alkyl halides is 3. The SMILES string of the molecule is N#Cc1ccc(C(F)(F)F)nc1N1CCC[C@@H](c2noc(C3CC3)n2)C1. The zero-order valence-corrected chi connectivity index (χ0v) is 13.8. The lowest BCUT2D eigenvalue weighted by Gasteiger charge is -2.32. The predicted molar refractivity (Wildman–Crippen MR) is 84.4 cm³/mol. The standard InChI is InChI=1S/C17H16F3N5O/c18-17(19,20)13-6-5-11(8-21)15(22-13)25-7-1-2-12(9-25)14-23-16(26-24-14)10-3-4-10/h5-6,10,12H,1-4,7,9H2/t12-/m1/s1. The summed E-state index contributed by atoms with van der Waals surface area (Å²) in [5, 5.41) is 13.3. The fourth-order valence-electron chi connectivity index (χ4n) is 3.22. The molecule has 136 valence electrons. The summed E-state index contributed by atoms with van der Waals surface area (Å²) in [7, 11) is 0. The molecule has 3 heterocycles. The summed E-state index contributed by atoms with van der Waals surface area (Å²) in [6.45, 7) is 0.944. The Morgan fingerprint density at radius 3 is 2.65 bits per heavy atom. The molecule has 9 heteroatoms. The first-order valence-electron chi connectivity index (χ1n) is 8.52. The maximum absolute atomic E-state index is 13.0. The molecule has 0 unspecified atom stereocenters. The molecule has 26 heavy (non-hydrogen) atoms. The number of hydrogen-bond acceptors (Lipinski definition) is 6. The van der Waals surface area contributed by atoms with Crippen molar-refractivity contribution in [2.24, 2.45) is 0 Å². The molecule has 2 aromatic rings. The van der Waals surface area contributed by atoms with Crippen LogP contribution in [-0.4, -0.2) is 28.2 Å². The van der Waals surface area contributed by atoms with Gasteiger partial charge in [-0.15, -0.1) is 0 Å². The predicted octanol–water partition coefficient (Wildman–Crippen LogP) is 3.62. The van der Waals surface area contributed by atoms with Crippen molar-refractivity contribution < 1.29 is 17.7 Å². The van der Waals surface area contributed by atoms with Crippen molar-refractivity contribution in [2.75, 3.05) is 18.0 Å². The monoisotopic (exact) mass is 363 g/mol. The number of aromatic nitrogens is 3. The average Bonchev–Trinajstić information content (AvgIpc) is 3.37. The van der Waals surface area contributed by atoms with Crippen LogP contribution in [-0.2, 0) is 6.18 Å². The normalized spacial score (nSPS) is 20.8. The first kappa shape index (κ1) is 16.8. The van der Waals surface area contributed by atoms with Crippen molar-refractivity contribution in [1.29, 1.82) is 5.26 Å². The molecule has 6 nitrogen and oxygen atoms in total. The second-order valence-electron chi connectivity index (χ2n) is 6.73. The Balaban J connectivity index is 1.59. The van der Waals surface area contributed by atoms with Crippen LogP contribution in [0.2, 0.25) is 0 Å². The number of rotatable bonds is 3. The van der Waals surface area contributed by atoms with Crippen molar-refractivity contribution >= 4 is 5.82 Å². The van der Waals surface area contributed by atoms with E-state index in [0.29, 0.717) is 30.7 Å². The van der Waals surface area contributed by atoms with Crippen LogP contribution in [0, 0.1) is 11.3 Å². The second-order valence-corrected chi connectivity index (χ2v) is 6.73. The van der Waals surface area contributed by atoms with Crippen molar-refractivity contribution in [3.8, 4) is 6.07 Å². The molecule has 2 fully saturated rings. The van der Waals surface area contributed by atoms with E-state index in [1.165, 1.54) is 6.07 Å². The quantitative estimate of drug-likeness (QED) is 0.829. The van der Waals surface area contributed by atoms with Crippen molar-refractivity contribution in [2.45, 2.75) is 43.7 Å². The van der Waals surface area contributed by atoms with E-state index in [9.17, 15) is 18.4 Å². The summed E-state index contributed by atoms with van der Waals surface area (Å²) in [5.41, 5.74) is -0.866. The van der Waals surface area contributed by atoms with Gasteiger partial charge in [0, 0.05) is 24.9 Å². The van der Waals surface area contributed by atoms with Gasteiger partial charge in [-0.2, -0.15) is 23.4 Å². The summed E-state index contributed by atoms with van der Waals surface area (Å²) in [6, 6.07) is 3.94. The third-order valence-corrected chi connectivity index (χ3v) is 4.76. The molecule has 0 bridgehead atoms. The number of piperidine rings is 1.